The van der Waals surface area contributed by atoms with E-state index in [1.165, 1.54) is 12.4 Å². The summed E-state index contributed by atoms with van der Waals surface area (Å²) in [4.78, 5) is 22.0. The SMILES string of the molecule is CNc1cnc(C(=O)N(C)C2CCCCC2O)cn1. The standard InChI is InChI=1S/C13H20N4O2/c1-14-12-8-15-9(7-16-12)13(19)17(2)10-5-3-4-6-11(10)18/h7-8,10-11,18H,3-6H2,1-2H3,(H,14,16). The Hall–Kier alpha value is -1.69. The minimum atomic E-state index is -0.438. The van der Waals surface area contributed by atoms with Crippen molar-refractivity contribution in [3.63, 3.8) is 0 Å². The number of likely N-dealkylation sites (N-methyl/N-ethyl adjacent to an activating group) is 1. The molecular formula is C13H20N4O2. The third kappa shape index (κ3) is 3.01. The van der Waals surface area contributed by atoms with Gasteiger partial charge in [-0.15, -0.1) is 0 Å². The molecule has 2 rings (SSSR count). The van der Waals surface area contributed by atoms with Gasteiger partial charge in [-0.3, -0.25) is 4.79 Å². The summed E-state index contributed by atoms with van der Waals surface area (Å²) >= 11 is 0. The molecular weight excluding hydrogens is 244 g/mol. The highest BCUT2D eigenvalue weighted by Crippen LogP contribution is 2.23. The molecule has 1 aliphatic rings. The molecule has 1 fully saturated rings. The van der Waals surface area contributed by atoms with Crippen molar-refractivity contribution in [3.8, 4) is 0 Å². The van der Waals surface area contributed by atoms with Crippen LogP contribution in [-0.4, -0.2) is 52.1 Å². The second kappa shape index (κ2) is 5.97. The molecule has 1 amide bonds. The highest BCUT2D eigenvalue weighted by Gasteiger charge is 2.30. The predicted octanol–water partition coefficient (Wildman–Crippen LogP) is 0.894. The van der Waals surface area contributed by atoms with Crippen LogP contribution in [-0.2, 0) is 0 Å². The van der Waals surface area contributed by atoms with Crippen molar-refractivity contribution in [1.29, 1.82) is 0 Å². The van der Waals surface area contributed by atoms with Gasteiger partial charge in [-0.05, 0) is 12.8 Å². The number of amides is 1. The van der Waals surface area contributed by atoms with Crippen LogP contribution < -0.4 is 5.32 Å². The molecule has 6 heteroatoms. The number of anilines is 1. The third-order valence-corrected chi connectivity index (χ3v) is 3.64. The largest absolute Gasteiger partial charge is 0.391 e. The number of nitrogens with one attached hydrogen (secondary N) is 1. The zero-order chi connectivity index (χ0) is 13.8. The van der Waals surface area contributed by atoms with Crippen molar-refractivity contribution in [1.82, 2.24) is 14.9 Å². The summed E-state index contributed by atoms with van der Waals surface area (Å²) in [7, 11) is 3.46. The molecule has 0 bridgehead atoms. The van der Waals surface area contributed by atoms with Crippen molar-refractivity contribution in [2.45, 2.75) is 37.8 Å². The topological polar surface area (TPSA) is 78.4 Å². The van der Waals surface area contributed by atoms with Gasteiger partial charge in [-0.1, -0.05) is 12.8 Å². The number of aliphatic hydroxyl groups excluding tert-OH is 1. The van der Waals surface area contributed by atoms with Gasteiger partial charge in [0.15, 0.2) is 0 Å². The molecule has 0 radical (unpaired) electrons. The van der Waals surface area contributed by atoms with E-state index in [0.717, 1.165) is 25.7 Å². The number of rotatable bonds is 3. The molecule has 2 N–H and O–H groups in total. The summed E-state index contributed by atoms with van der Waals surface area (Å²) in [6.45, 7) is 0. The molecule has 0 saturated heterocycles. The van der Waals surface area contributed by atoms with Gasteiger partial charge in [0.05, 0.1) is 24.5 Å². The number of aliphatic hydroxyl groups is 1. The summed E-state index contributed by atoms with van der Waals surface area (Å²) < 4.78 is 0. The Labute approximate surface area is 112 Å². The Morgan fingerprint density at radius 3 is 2.68 bits per heavy atom. The van der Waals surface area contributed by atoms with Gasteiger partial charge >= 0.3 is 0 Å². The van der Waals surface area contributed by atoms with E-state index in [1.807, 2.05) is 0 Å². The van der Waals surface area contributed by atoms with E-state index < -0.39 is 6.10 Å². The van der Waals surface area contributed by atoms with Crippen LogP contribution in [0.2, 0.25) is 0 Å². The van der Waals surface area contributed by atoms with Gasteiger partial charge in [0.2, 0.25) is 0 Å². The van der Waals surface area contributed by atoms with Crippen molar-refractivity contribution in [2.75, 3.05) is 19.4 Å². The van der Waals surface area contributed by atoms with Crippen molar-refractivity contribution in [2.24, 2.45) is 0 Å². The molecule has 2 unspecified atom stereocenters. The first kappa shape index (κ1) is 13.7. The second-order valence-corrected chi connectivity index (χ2v) is 4.87. The fraction of sp³-hybridized carbons (Fsp3) is 0.615. The Morgan fingerprint density at radius 1 is 1.37 bits per heavy atom. The molecule has 0 spiro atoms. The predicted molar refractivity (Wildman–Crippen MR) is 71.9 cm³/mol. The maximum absolute atomic E-state index is 12.3. The summed E-state index contributed by atoms with van der Waals surface area (Å²) in [5, 5.41) is 12.8. The monoisotopic (exact) mass is 264 g/mol. The minimum Gasteiger partial charge on any atom is -0.391 e. The van der Waals surface area contributed by atoms with E-state index in [1.54, 1.807) is 19.0 Å². The van der Waals surface area contributed by atoms with Gasteiger partial charge < -0.3 is 15.3 Å². The number of carbonyl (C=O) groups is 1. The summed E-state index contributed by atoms with van der Waals surface area (Å²) in [6.07, 6.45) is 6.21. The van der Waals surface area contributed by atoms with E-state index in [-0.39, 0.29) is 11.9 Å². The lowest BCUT2D eigenvalue weighted by atomic mass is 9.91. The highest BCUT2D eigenvalue weighted by molar-refractivity contribution is 5.92. The first-order chi connectivity index (χ1) is 9.13. The average molecular weight is 264 g/mol. The van der Waals surface area contributed by atoms with Gasteiger partial charge in [0.1, 0.15) is 11.5 Å². The third-order valence-electron chi connectivity index (χ3n) is 3.64. The molecule has 19 heavy (non-hydrogen) atoms. The average Bonchev–Trinajstić information content (AvgIpc) is 2.46. The van der Waals surface area contributed by atoms with Crippen molar-refractivity contribution < 1.29 is 9.90 Å². The Bertz CT molecular complexity index is 435. The molecule has 1 aliphatic carbocycles. The van der Waals surface area contributed by atoms with Crippen LogP contribution >= 0.6 is 0 Å². The first-order valence-electron chi connectivity index (χ1n) is 6.58. The van der Waals surface area contributed by atoms with Crippen LogP contribution in [0.4, 0.5) is 5.82 Å². The fourth-order valence-electron chi connectivity index (χ4n) is 2.44. The lowest BCUT2D eigenvalue weighted by Gasteiger charge is -2.34. The fourth-order valence-corrected chi connectivity index (χ4v) is 2.44. The van der Waals surface area contributed by atoms with Crippen molar-refractivity contribution >= 4 is 11.7 Å². The molecule has 1 aromatic heterocycles. The quantitative estimate of drug-likeness (QED) is 0.848. The van der Waals surface area contributed by atoms with E-state index in [0.29, 0.717) is 11.5 Å². The zero-order valence-corrected chi connectivity index (χ0v) is 11.3. The maximum Gasteiger partial charge on any atom is 0.274 e. The van der Waals surface area contributed by atoms with Crippen LogP contribution in [0.5, 0.6) is 0 Å². The summed E-state index contributed by atoms with van der Waals surface area (Å²) in [6, 6.07) is -0.118. The van der Waals surface area contributed by atoms with E-state index in [4.69, 9.17) is 0 Å². The van der Waals surface area contributed by atoms with Crippen LogP contribution in [0.1, 0.15) is 36.2 Å². The van der Waals surface area contributed by atoms with E-state index in [2.05, 4.69) is 15.3 Å². The highest BCUT2D eigenvalue weighted by atomic mass is 16.3. The lowest BCUT2D eigenvalue weighted by Crippen LogP contribution is -2.46. The molecule has 1 aromatic rings. The first-order valence-corrected chi connectivity index (χ1v) is 6.58. The van der Waals surface area contributed by atoms with Gasteiger partial charge in [0.25, 0.3) is 5.91 Å². The molecule has 0 aromatic carbocycles. The molecule has 0 aliphatic heterocycles. The second-order valence-electron chi connectivity index (χ2n) is 4.87. The van der Waals surface area contributed by atoms with Gasteiger partial charge in [-0.25, -0.2) is 9.97 Å². The number of nitrogens with zero attached hydrogens (tertiary/aromatic N) is 3. The maximum atomic E-state index is 12.3. The Kier molecular flexibility index (Phi) is 4.31. The number of aromatic nitrogens is 2. The molecule has 1 saturated carbocycles. The minimum absolute atomic E-state index is 0.118. The van der Waals surface area contributed by atoms with Gasteiger partial charge in [0, 0.05) is 14.1 Å². The van der Waals surface area contributed by atoms with Crippen LogP contribution in [0, 0.1) is 0 Å². The molecule has 104 valence electrons. The smallest absolute Gasteiger partial charge is 0.274 e. The van der Waals surface area contributed by atoms with Crippen LogP contribution in [0.15, 0.2) is 12.4 Å². The Morgan fingerprint density at radius 2 is 2.11 bits per heavy atom. The Balaban J connectivity index is 2.08. The normalized spacial score (nSPS) is 22.9. The molecule has 6 nitrogen and oxygen atoms in total. The summed E-state index contributed by atoms with van der Waals surface area (Å²) in [5.41, 5.74) is 0.305. The van der Waals surface area contributed by atoms with Crippen molar-refractivity contribution in [3.05, 3.63) is 18.1 Å². The molecule has 1 heterocycles. The van der Waals surface area contributed by atoms with Gasteiger partial charge in [-0.2, -0.15) is 0 Å². The van der Waals surface area contributed by atoms with E-state index >= 15 is 0 Å². The van der Waals surface area contributed by atoms with E-state index in [9.17, 15) is 9.90 Å². The zero-order valence-electron chi connectivity index (χ0n) is 11.3. The number of hydrogen-bond donors (Lipinski definition) is 2. The van der Waals surface area contributed by atoms with Crippen LogP contribution in [0.3, 0.4) is 0 Å². The lowest BCUT2D eigenvalue weighted by molar-refractivity contribution is 0.0264. The molecule has 2 atom stereocenters. The summed E-state index contributed by atoms with van der Waals surface area (Å²) in [5.74, 6) is 0.429. The van der Waals surface area contributed by atoms with Crippen LogP contribution in [0.25, 0.3) is 0 Å². The number of hydrogen-bond acceptors (Lipinski definition) is 5. The number of carbonyl (C=O) groups excluding carboxylic acids is 1.